The van der Waals surface area contributed by atoms with E-state index in [1.165, 1.54) is 12.1 Å². The van der Waals surface area contributed by atoms with Crippen molar-refractivity contribution in [2.45, 2.75) is 37.5 Å². The van der Waals surface area contributed by atoms with Gasteiger partial charge in [0.15, 0.2) is 0 Å². The molecule has 3 aromatic carbocycles. The molecule has 0 heterocycles. The largest absolute Gasteiger partial charge is 0.490 e. The summed E-state index contributed by atoms with van der Waals surface area (Å²) in [5, 5.41) is 8.94. The van der Waals surface area contributed by atoms with Crippen LogP contribution in [0.1, 0.15) is 43.1 Å². The number of benzene rings is 3. The van der Waals surface area contributed by atoms with E-state index in [2.05, 4.69) is 25.5 Å². The van der Waals surface area contributed by atoms with Crippen molar-refractivity contribution in [1.82, 2.24) is 0 Å². The molecule has 0 atom stereocenters. The molecule has 34 heavy (non-hydrogen) atoms. The second-order valence-corrected chi connectivity index (χ2v) is 10.1. The van der Waals surface area contributed by atoms with Crippen molar-refractivity contribution >= 4 is 21.7 Å². The Morgan fingerprint density at radius 2 is 1.53 bits per heavy atom. The van der Waals surface area contributed by atoms with Crippen molar-refractivity contribution in [2.24, 2.45) is 0 Å². The molecule has 0 radical (unpaired) electrons. The number of para-hydroxylation sites is 2. The quantitative estimate of drug-likeness (QED) is 0.357. The zero-order chi connectivity index (χ0) is 24.8. The zero-order valence-electron chi connectivity index (χ0n) is 19.4. The third kappa shape index (κ3) is 6.29. The van der Waals surface area contributed by atoms with Crippen LogP contribution in [0.5, 0.6) is 11.5 Å². The van der Waals surface area contributed by atoms with Crippen molar-refractivity contribution in [1.29, 1.82) is 0 Å². The number of sulfonamides is 1. The van der Waals surface area contributed by atoms with Gasteiger partial charge in [-0.3, -0.25) is 4.72 Å². The van der Waals surface area contributed by atoms with E-state index in [0.29, 0.717) is 17.2 Å². The number of rotatable bonds is 11. The summed E-state index contributed by atoms with van der Waals surface area (Å²) in [6.07, 6.45) is 0.944. The monoisotopic (exact) mass is 483 g/mol. The Bertz CT molecular complexity index is 1220. The third-order valence-corrected chi connectivity index (χ3v) is 7.05. The number of aromatic carboxylic acids is 1. The summed E-state index contributed by atoms with van der Waals surface area (Å²) < 4.78 is 39.8. The first-order valence-electron chi connectivity index (χ1n) is 10.9. The van der Waals surface area contributed by atoms with Crippen LogP contribution in [-0.2, 0) is 15.4 Å². The van der Waals surface area contributed by atoms with E-state index in [1.54, 1.807) is 48.5 Å². The van der Waals surface area contributed by atoms with Crippen molar-refractivity contribution in [3.8, 4) is 11.5 Å². The van der Waals surface area contributed by atoms with Gasteiger partial charge in [0.1, 0.15) is 24.7 Å². The van der Waals surface area contributed by atoms with E-state index in [0.717, 1.165) is 12.0 Å². The predicted octanol–water partition coefficient (Wildman–Crippen LogP) is 5.33. The van der Waals surface area contributed by atoms with Gasteiger partial charge in [0.05, 0.1) is 16.1 Å². The van der Waals surface area contributed by atoms with E-state index >= 15 is 0 Å². The van der Waals surface area contributed by atoms with E-state index in [1.807, 2.05) is 12.1 Å². The Morgan fingerprint density at radius 3 is 2.15 bits per heavy atom. The van der Waals surface area contributed by atoms with Gasteiger partial charge in [0.2, 0.25) is 0 Å². The van der Waals surface area contributed by atoms with Gasteiger partial charge in [-0.15, -0.1) is 0 Å². The van der Waals surface area contributed by atoms with Crippen LogP contribution in [-0.4, -0.2) is 32.7 Å². The molecular weight excluding hydrogens is 454 g/mol. The van der Waals surface area contributed by atoms with Gasteiger partial charge < -0.3 is 14.6 Å². The lowest BCUT2D eigenvalue weighted by Crippen LogP contribution is -2.17. The molecule has 0 spiro atoms. The molecule has 8 heteroatoms. The van der Waals surface area contributed by atoms with Crippen LogP contribution < -0.4 is 14.2 Å². The molecule has 3 aromatic rings. The van der Waals surface area contributed by atoms with Gasteiger partial charge >= 0.3 is 5.97 Å². The summed E-state index contributed by atoms with van der Waals surface area (Å²) in [4.78, 5) is 11.1. The standard InChI is InChI=1S/C26H29NO6S/c1-4-26(2,3)20-11-15-22(16-12-20)34(30,31)27-23-7-5-6-8-24(23)33-18-17-32-21-13-9-19(10-14-21)25(28)29/h5-16,27H,4,17-18H2,1-3H3,(H,28,29). The Morgan fingerprint density at radius 1 is 0.912 bits per heavy atom. The fourth-order valence-electron chi connectivity index (χ4n) is 3.17. The van der Waals surface area contributed by atoms with Crippen LogP contribution in [0, 0.1) is 0 Å². The molecule has 0 aliphatic rings. The molecule has 0 aliphatic heterocycles. The average molecular weight is 484 g/mol. The van der Waals surface area contributed by atoms with E-state index in [-0.39, 0.29) is 29.1 Å². The molecule has 0 aromatic heterocycles. The van der Waals surface area contributed by atoms with Gasteiger partial charge in [-0.25, -0.2) is 13.2 Å². The number of nitrogens with one attached hydrogen (secondary N) is 1. The fourth-order valence-corrected chi connectivity index (χ4v) is 4.25. The molecule has 3 rings (SSSR count). The molecular formula is C26H29NO6S. The molecule has 0 saturated heterocycles. The summed E-state index contributed by atoms with van der Waals surface area (Å²) in [5.41, 5.74) is 1.55. The van der Waals surface area contributed by atoms with Crippen molar-refractivity contribution in [2.75, 3.05) is 17.9 Å². The highest BCUT2D eigenvalue weighted by molar-refractivity contribution is 7.92. The first kappa shape index (κ1) is 25.1. The minimum absolute atomic E-state index is 0.0312. The second kappa shape index (κ2) is 10.6. The second-order valence-electron chi connectivity index (χ2n) is 8.39. The SMILES string of the molecule is CCC(C)(C)c1ccc(S(=O)(=O)Nc2ccccc2OCCOc2ccc(C(=O)O)cc2)cc1. The Kier molecular flexibility index (Phi) is 7.83. The molecule has 2 N–H and O–H groups in total. The number of hydrogen-bond acceptors (Lipinski definition) is 5. The number of carbonyl (C=O) groups is 1. The van der Waals surface area contributed by atoms with Crippen LogP contribution >= 0.6 is 0 Å². The van der Waals surface area contributed by atoms with Crippen molar-refractivity contribution < 1.29 is 27.8 Å². The Balaban J connectivity index is 1.62. The smallest absolute Gasteiger partial charge is 0.335 e. The molecule has 0 bridgehead atoms. The highest BCUT2D eigenvalue weighted by atomic mass is 32.2. The highest BCUT2D eigenvalue weighted by Crippen LogP contribution is 2.29. The van der Waals surface area contributed by atoms with Gasteiger partial charge in [-0.05, 0) is 65.9 Å². The van der Waals surface area contributed by atoms with Crippen molar-refractivity contribution in [3.63, 3.8) is 0 Å². The van der Waals surface area contributed by atoms with Crippen LogP contribution in [0.15, 0.2) is 77.7 Å². The maximum atomic E-state index is 12.9. The zero-order valence-corrected chi connectivity index (χ0v) is 20.3. The van der Waals surface area contributed by atoms with Crippen molar-refractivity contribution in [3.05, 3.63) is 83.9 Å². The molecule has 0 saturated carbocycles. The number of carboxylic acid groups (broad SMARTS) is 1. The summed E-state index contributed by atoms with van der Waals surface area (Å²) in [6.45, 7) is 6.71. The van der Waals surface area contributed by atoms with Crippen LogP contribution in [0.4, 0.5) is 5.69 Å². The first-order chi connectivity index (χ1) is 16.1. The van der Waals surface area contributed by atoms with Crippen LogP contribution in [0.25, 0.3) is 0 Å². The molecule has 180 valence electrons. The number of hydrogen-bond donors (Lipinski definition) is 2. The lowest BCUT2D eigenvalue weighted by atomic mass is 9.82. The van der Waals surface area contributed by atoms with E-state index in [9.17, 15) is 13.2 Å². The fraction of sp³-hybridized carbons (Fsp3) is 0.269. The summed E-state index contributed by atoms with van der Waals surface area (Å²) in [6, 6.07) is 19.7. The Labute approximate surface area is 200 Å². The molecule has 0 aliphatic carbocycles. The maximum Gasteiger partial charge on any atom is 0.335 e. The van der Waals surface area contributed by atoms with Gasteiger partial charge in [-0.2, -0.15) is 0 Å². The predicted molar refractivity (Wildman–Crippen MR) is 131 cm³/mol. The molecule has 7 nitrogen and oxygen atoms in total. The summed E-state index contributed by atoms with van der Waals surface area (Å²) in [7, 11) is -3.80. The number of anilines is 1. The number of ether oxygens (including phenoxy) is 2. The van der Waals surface area contributed by atoms with Crippen LogP contribution in [0.3, 0.4) is 0 Å². The topological polar surface area (TPSA) is 102 Å². The minimum atomic E-state index is -3.80. The van der Waals surface area contributed by atoms with Gasteiger partial charge in [-0.1, -0.05) is 45.0 Å². The lowest BCUT2D eigenvalue weighted by Gasteiger charge is -2.23. The van der Waals surface area contributed by atoms with E-state index < -0.39 is 16.0 Å². The normalized spacial score (nSPS) is 11.6. The molecule has 0 fully saturated rings. The Hall–Kier alpha value is -3.52. The third-order valence-electron chi connectivity index (χ3n) is 5.67. The molecule has 0 amide bonds. The van der Waals surface area contributed by atoms with Gasteiger partial charge in [0.25, 0.3) is 10.0 Å². The van der Waals surface area contributed by atoms with Gasteiger partial charge in [0, 0.05) is 0 Å². The summed E-state index contributed by atoms with van der Waals surface area (Å²) >= 11 is 0. The van der Waals surface area contributed by atoms with Crippen LogP contribution in [0.2, 0.25) is 0 Å². The minimum Gasteiger partial charge on any atom is -0.490 e. The molecule has 0 unspecified atom stereocenters. The summed E-state index contributed by atoms with van der Waals surface area (Å²) in [5.74, 6) is -0.119. The van der Waals surface area contributed by atoms with E-state index in [4.69, 9.17) is 14.6 Å². The lowest BCUT2D eigenvalue weighted by molar-refractivity contribution is 0.0697. The number of carboxylic acids is 1. The maximum absolute atomic E-state index is 12.9. The first-order valence-corrected chi connectivity index (χ1v) is 12.4. The average Bonchev–Trinajstić information content (AvgIpc) is 2.83. The highest BCUT2D eigenvalue weighted by Gasteiger charge is 2.21.